The summed E-state index contributed by atoms with van der Waals surface area (Å²) in [6, 6.07) is 11.8. The molecule has 1 amide bonds. The van der Waals surface area contributed by atoms with Crippen molar-refractivity contribution in [3.8, 4) is 0 Å². The van der Waals surface area contributed by atoms with Gasteiger partial charge < -0.3 is 10.2 Å². The van der Waals surface area contributed by atoms with E-state index in [-0.39, 0.29) is 5.91 Å². The Kier molecular flexibility index (Phi) is 4.16. The van der Waals surface area contributed by atoms with Gasteiger partial charge in [0, 0.05) is 35.1 Å². The van der Waals surface area contributed by atoms with Crippen molar-refractivity contribution in [3.63, 3.8) is 0 Å². The van der Waals surface area contributed by atoms with Crippen LogP contribution in [0, 0.1) is 11.8 Å². The minimum Gasteiger partial charge on any atom is -0.370 e. The third kappa shape index (κ3) is 2.89. The van der Waals surface area contributed by atoms with Gasteiger partial charge in [0.05, 0.1) is 0 Å². The van der Waals surface area contributed by atoms with Crippen LogP contribution in [0.3, 0.4) is 0 Å². The molecule has 0 saturated heterocycles. The molecule has 1 N–H and O–H groups in total. The molecule has 0 bridgehead atoms. The Morgan fingerprint density at radius 3 is 2.21 bits per heavy atom. The van der Waals surface area contributed by atoms with E-state index in [4.69, 9.17) is 11.6 Å². The standard InChI is InChI=1S/C25H27ClN2O/c26-18-7-1-4-15(10-18)25(29)27-19-11-22-20-8-2-5-16(20)13-28-14-17-6-3-9-21(17)23(12-19)24(22)28/h1,4,7,10-12,16-17,20-21H,2-3,5-6,8-9,13-14H2,(H,27,29). The van der Waals surface area contributed by atoms with Gasteiger partial charge in [-0.1, -0.05) is 30.5 Å². The quantitative estimate of drug-likeness (QED) is 0.644. The molecule has 4 unspecified atom stereocenters. The number of carbonyl (C=O) groups is 1. The van der Waals surface area contributed by atoms with Crippen LogP contribution >= 0.6 is 11.6 Å². The SMILES string of the molecule is O=C(Nc1cc2c3c(c1)C1CCCC1CN3CC1CCCC21)c1cccc(Cl)c1. The Hall–Kier alpha value is -2.00. The zero-order valence-corrected chi connectivity index (χ0v) is 17.4. The fraction of sp³-hybridized carbons (Fsp3) is 0.480. The first-order chi connectivity index (χ1) is 14.2. The summed E-state index contributed by atoms with van der Waals surface area (Å²) < 4.78 is 0. The molecule has 29 heavy (non-hydrogen) atoms. The van der Waals surface area contributed by atoms with Crippen LogP contribution in [-0.4, -0.2) is 19.0 Å². The Balaban J connectivity index is 1.42. The van der Waals surface area contributed by atoms with E-state index in [2.05, 4.69) is 22.3 Å². The van der Waals surface area contributed by atoms with E-state index in [9.17, 15) is 4.79 Å². The lowest BCUT2D eigenvalue weighted by molar-refractivity contribution is 0.102. The highest BCUT2D eigenvalue weighted by atomic mass is 35.5. The van der Waals surface area contributed by atoms with Crippen molar-refractivity contribution in [2.24, 2.45) is 11.8 Å². The highest BCUT2D eigenvalue weighted by Crippen LogP contribution is 2.56. The molecule has 0 aromatic heterocycles. The largest absolute Gasteiger partial charge is 0.370 e. The molecule has 4 aliphatic rings. The smallest absolute Gasteiger partial charge is 0.255 e. The lowest BCUT2D eigenvalue weighted by Crippen LogP contribution is -2.43. The van der Waals surface area contributed by atoms with Crippen LogP contribution in [0.15, 0.2) is 36.4 Å². The Morgan fingerprint density at radius 1 is 0.931 bits per heavy atom. The number of halogens is 1. The molecule has 2 aromatic carbocycles. The molecule has 4 heteroatoms. The van der Waals surface area contributed by atoms with E-state index in [1.807, 2.05) is 12.1 Å². The second-order valence-electron chi connectivity index (χ2n) is 9.47. The van der Waals surface area contributed by atoms with Crippen molar-refractivity contribution in [1.29, 1.82) is 0 Å². The maximum atomic E-state index is 12.9. The Labute approximate surface area is 177 Å². The molecule has 6 rings (SSSR count). The molecule has 2 fully saturated rings. The van der Waals surface area contributed by atoms with Crippen molar-refractivity contribution >= 4 is 28.9 Å². The first-order valence-corrected chi connectivity index (χ1v) is 11.5. The average molecular weight is 407 g/mol. The summed E-state index contributed by atoms with van der Waals surface area (Å²) in [6.07, 6.45) is 7.97. The second-order valence-corrected chi connectivity index (χ2v) is 9.90. The Morgan fingerprint density at radius 2 is 1.59 bits per heavy atom. The molecule has 3 nitrogen and oxygen atoms in total. The molecule has 0 spiro atoms. The number of amides is 1. The van der Waals surface area contributed by atoms with Gasteiger partial charge in [-0.25, -0.2) is 0 Å². The summed E-state index contributed by atoms with van der Waals surface area (Å²) in [6.45, 7) is 2.48. The van der Waals surface area contributed by atoms with Gasteiger partial charge in [-0.3, -0.25) is 4.79 Å². The minimum absolute atomic E-state index is 0.0749. The zero-order chi connectivity index (χ0) is 19.5. The van der Waals surface area contributed by atoms with Gasteiger partial charge in [-0.05, 0) is 90.8 Å². The molecular formula is C25H27ClN2O. The monoisotopic (exact) mass is 406 g/mol. The van der Waals surface area contributed by atoms with Crippen LogP contribution in [-0.2, 0) is 0 Å². The van der Waals surface area contributed by atoms with Crippen LogP contribution in [0.25, 0.3) is 0 Å². The number of benzene rings is 2. The molecule has 4 atom stereocenters. The number of hydrogen-bond donors (Lipinski definition) is 1. The number of fused-ring (bicyclic) bond motifs is 4. The van der Waals surface area contributed by atoms with Gasteiger partial charge in [-0.2, -0.15) is 0 Å². The molecule has 0 radical (unpaired) electrons. The van der Waals surface area contributed by atoms with E-state index in [0.29, 0.717) is 22.4 Å². The van der Waals surface area contributed by atoms with Gasteiger partial charge in [-0.15, -0.1) is 0 Å². The van der Waals surface area contributed by atoms with Gasteiger partial charge in [0.1, 0.15) is 0 Å². The highest BCUT2D eigenvalue weighted by molar-refractivity contribution is 6.31. The predicted molar refractivity (Wildman–Crippen MR) is 118 cm³/mol. The normalized spacial score (nSPS) is 29.2. The fourth-order valence-corrected chi connectivity index (χ4v) is 6.86. The summed E-state index contributed by atoms with van der Waals surface area (Å²) in [5.74, 6) is 2.83. The molecule has 150 valence electrons. The minimum atomic E-state index is -0.0749. The van der Waals surface area contributed by atoms with E-state index < -0.39 is 0 Å². The summed E-state index contributed by atoms with van der Waals surface area (Å²) in [5.41, 5.74) is 6.11. The van der Waals surface area contributed by atoms with Crippen LogP contribution in [0.4, 0.5) is 11.4 Å². The third-order valence-corrected chi connectivity index (χ3v) is 8.09. The van der Waals surface area contributed by atoms with Crippen LogP contribution in [0.1, 0.15) is 71.8 Å². The van der Waals surface area contributed by atoms with Crippen molar-refractivity contribution in [2.45, 2.75) is 50.4 Å². The van der Waals surface area contributed by atoms with E-state index in [1.54, 1.807) is 12.1 Å². The third-order valence-electron chi connectivity index (χ3n) is 7.86. The number of nitrogens with one attached hydrogen (secondary N) is 1. The number of rotatable bonds is 2. The van der Waals surface area contributed by atoms with Gasteiger partial charge in [0.2, 0.25) is 0 Å². The average Bonchev–Trinajstić information content (AvgIpc) is 3.37. The maximum Gasteiger partial charge on any atom is 0.255 e. The summed E-state index contributed by atoms with van der Waals surface area (Å²) in [4.78, 5) is 15.6. The number of carbonyl (C=O) groups excluding carboxylic acids is 1. The number of hydrogen-bond acceptors (Lipinski definition) is 2. The first kappa shape index (κ1) is 17.8. The predicted octanol–water partition coefficient (Wildman–Crippen LogP) is 6.19. The maximum absolute atomic E-state index is 12.9. The highest BCUT2D eigenvalue weighted by Gasteiger charge is 2.44. The van der Waals surface area contributed by atoms with E-state index in [1.165, 1.54) is 68.4 Å². The Bertz CT molecular complexity index is 942. The second kappa shape index (κ2) is 6.77. The lowest BCUT2D eigenvalue weighted by Gasteiger charge is -2.46. The van der Waals surface area contributed by atoms with Crippen LogP contribution < -0.4 is 10.2 Å². The number of anilines is 2. The molecule has 2 aliphatic carbocycles. The first-order valence-electron chi connectivity index (χ1n) is 11.2. The van der Waals surface area contributed by atoms with E-state index in [0.717, 1.165) is 17.5 Å². The summed E-state index contributed by atoms with van der Waals surface area (Å²) >= 11 is 6.09. The summed E-state index contributed by atoms with van der Waals surface area (Å²) in [5, 5.41) is 3.79. The van der Waals surface area contributed by atoms with Crippen molar-refractivity contribution in [1.82, 2.24) is 0 Å². The number of nitrogens with zero attached hydrogens (tertiary/aromatic N) is 1. The molecule has 2 heterocycles. The van der Waals surface area contributed by atoms with Crippen LogP contribution in [0.2, 0.25) is 5.02 Å². The van der Waals surface area contributed by atoms with Gasteiger partial charge in [0.25, 0.3) is 5.91 Å². The molecule has 2 aliphatic heterocycles. The van der Waals surface area contributed by atoms with Crippen molar-refractivity contribution < 1.29 is 4.79 Å². The van der Waals surface area contributed by atoms with Gasteiger partial charge >= 0.3 is 0 Å². The van der Waals surface area contributed by atoms with E-state index >= 15 is 0 Å². The summed E-state index contributed by atoms with van der Waals surface area (Å²) in [7, 11) is 0. The van der Waals surface area contributed by atoms with Crippen molar-refractivity contribution in [3.05, 3.63) is 58.1 Å². The van der Waals surface area contributed by atoms with Crippen LogP contribution in [0.5, 0.6) is 0 Å². The fourth-order valence-electron chi connectivity index (χ4n) is 6.67. The lowest BCUT2D eigenvalue weighted by atomic mass is 9.75. The van der Waals surface area contributed by atoms with Crippen molar-refractivity contribution in [2.75, 3.05) is 23.3 Å². The molecule has 2 aromatic rings. The topological polar surface area (TPSA) is 32.3 Å². The van der Waals surface area contributed by atoms with Gasteiger partial charge in [0.15, 0.2) is 0 Å². The molecule has 2 saturated carbocycles. The molecular weight excluding hydrogens is 380 g/mol. The zero-order valence-electron chi connectivity index (χ0n) is 16.7.